The van der Waals surface area contributed by atoms with E-state index in [4.69, 9.17) is 10.5 Å². The fraction of sp³-hybridized carbons (Fsp3) is 0.222. The van der Waals surface area contributed by atoms with Crippen LogP contribution < -0.4 is 21.3 Å². The Bertz CT molecular complexity index is 561. The summed E-state index contributed by atoms with van der Waals surface area (Å²) in [4.78, 5) is 17.8. The molecule has 0 unspecified atom stereocenters. The van der Waals surface area contributed by atoms with Crippen molar-refractivity contribution in [1.82, 2.24) is 20.2 Å². The van der Waals surface area contributed by atoms with E-state index in [9.17, 15) is 4.79 Å². The molecule has 0 aliphatic carbocycles. The van der Waals surface area contributed by atoms with Gasteiger partial charge in [-0.2, -0.15) is 5.10 Å². The number of nitrogens with one attached hydrogen (secondary N) is 3. The molecular formula is C9H12N6O2. The normalized spacial score (nSPS) is 10.2. The van der Waals surface area contributed by atoms with Gasteiger partial charge >= 0.3 is 0 Å². The van der Waals surface area contributed by atoms with Crippen LogP contribution in [0.2, 0.25) is 0 Å². The van der Waals surface area contributed by atoms with Crippen molar-refractivity contribution in [3.63, 3.8) is 0 Å². The molecule has 0 aromatic carbocycles. The summed E-state index contributed by atoms with van der Waals surface area (Å²) in [6.07, 6.45) is 2.90. The summed E-state index contributed by atoms with van der Waals surface area (Å²) in [7, 11) is 1.41. The van der Waals surface area contributed by atoms with Crippen molar-refractivity contribution in [1.29, 1.82) is 0 Å². The van der Waals surface area contributed by atoms with Gasteiger partial charge in [0.1, 0.15) is 5.82 Å². The number of anilines is 2. The zero-order valence-electron chi connectivity index (χ0n) is 9.15. The van der Waals surface area contributed by atoms with Crippen molar-refractivity contribution in [3.8, 4) is 5.75 Å². The Morgan fingerprint density at radius 1 is 1.59 bits per heavy atom. The second-order valence-electron chi connectivity index (χ2n) is 3.28. The maximum atomic E-state index is 11.4. The van der Waals surface area contributed by atoms with E-state index in [0.717, 1.165) is 5.56 Å². The summed E-state index contributed by atoms with van der Waals surface area (Å²) in [5, 5.41) is 9.35. The molecule has 0 aliphatic heterocycles. The third-order valence-corrected chi connectivity index (χ3v) is 2.21. The van der Waals surface area contributed by atoms with Gasteiger partial charge in [0.05, 0.1) is 19.6 Å². The number of nitrogen functional groups attached to an aromatic ring is 1. The highest BCUT2D eigenvalue weighted by Crippen LogP contribution is 2.16. The third kappa shape index (κ3) is 2.19. The van der Waals surface area contributed by atoms with E-state index in [-0.39, 0.29) is 11.3 Å². The molecule has 0 spiro atoms. The zero-order chi connectivity index (χ0) is 12.3. The first-order valence-electron chi connectivity index (χ1n) is 4.85. The second kappa shape index (κ2) is 4.56. The van der Waals surface area contributed by atoms with Gasteiger partial charge in [0.15, 0.2) is 5.82 Å². The van der Waals surface area contributed by atoms with Crippen LogP contribution in [0.4, 0.5) is 11.6 Å². The monoisotopic (exact) mass is 236 g/mol. The first kappa shape index (κ1) is 11.0. The van der Waals surface area contributed by atoms with Crippen LogP contribution in [0.3, 0.4) is 0 Å². The number of aromatic amines is 2. The minimum absolute atomic E-state index is 0.134. The Kier molecular flexibility index (Phi) is 2.95. The summed E-state index contributed by atoms with van der Waals surface area (Å²) in [5.74, 6) is 0.965. The number of nitrogens with zero attached hydrogens (tertiary/aromatic N) is 2. The SMILES string of the molecule is COc1c(NCc2cn[nH]c2N)nc[nH]c1=O. The topological polar surface area (TPSA) is 122 Å². The van der Waals surface area contributed by atoms with Crippen molar-refractivity contribution in [2.75, 3.05) is 18.2 Å². The smallest absolute Gasteiger partial charge is 0.295 e. The van der Waals surface area contributed by atoms with Gasteiger partial charge in [-0.15, -0.1) is 0 Å². The van der Waals surface area contributed by atoms with Crippen LogP contribution in [-0.2, 0) is 6.54 Å². The molecular weight excluding hydrogens is 224 g/mol. The standard InChI is InChI=1S/C9H12N6O2/c1-17-6-8(12-4-13-9(6)16)11-2-5-3-14-15-7(5)10/h3-4H,2H2,1H3,(H3,10,14,15)(H2,11,12,13,16). The lowest BCUT2D eigenvalue weighted by Gasteiger charge is -2.07. The molecule has 0 aliphatic rings. The highest BCUT2D eigenvalue weighted by molar-refractivity contribution is 5.49. The summed E-state index contributed by atoms with van der Waals surface area (Å²) >= 11 is 0. The predicted molar refractivity (Wildman–Crippen MR) is 61.7 cm³/mol. The Morgan fingerprint density at radius 3 is 3.06 bits per heavy atom. The van der Waals surface area contributed by atoms with Gasteiger partial charge < -0.3 is 20.8 Å². The molecule has 8 heteroatoms. The maximum Gasteiger partial charge on any atom is 0.295 e. The quantitative estimate of drug-likeness (QED) is 0.578. The van der Waals surface area contributed by atoms with E-state index in [1.54, 1.807) is 6.20 Å². The molecule has 8 nitrogen and oxygen atoms in total. The fourth-order valence-electron chi connectivity index (χ4n) is 1.34. The summed E-state index contributed by atoms with van der Waals surface area (Å²) < 4.78 is 4.95. The van der Waals surface area contributed by atoms with Crippen molar-refractivity contribution < 1.29 is 4.74 Å². The average molecular weight is 236 g/mol. The second-order valence-corrected chi connectivity index (χ2v) is 3.28. The van der Waals surface area contributed by atoms with E-state index in [2.05, 4.69) is 25.5 Å². The van der Waals surface area contributed by atoms with Gasteiger partial charge in [-0.25, -0.2) is 4.98 Å². The van der Waals surface area contributed by atoms with E-state index < -0.39 is 0 Å². The first-order chi connectivity index (χ1) is 8.22. The molecule has 0 amide bonds. The van der Waals surface area contributed by atoms with E-state index in [1.165, 1.54) is 13.4 Å². The van der Waals surface area contributed by atoms with E-state index >= 15 is 0 Å². The number of ether oxygens (including phenoxy) is 1. The highest BCUT2D eigenvalue weighted by Gasteiger charge is 2.09. The molecule has 2 heterocycles. The van der Waals surface area contributed by atoms with Gasteiger partial charge in [-0.05, 0) is 0 Å². The summed E-state index contributed by atoms with van der Waals surface area (Å²) in [5.41, 5.74) is 6.07. The molecule has 17 heavy (non-hydrogen) atoms. The number of aromatic nitrogens is 4. The van der Waals surface area contributed by atoms with Crippen molar-refractivity contribution in [3.05, 3.63) is 28.4 Å². The summed E-state index contributed by atoms with van der Waals surface area (Å²) in [6, 6.07) is 0. The number of nitrogens with two attached hydrogens (primary N) is 1. The van der Waals surface area contributed by atoms with Gasteiger partial charge in [0.2, 0.25) is 5.75 Å². The van der Waals surface area contributed by atoms with Crippen molar-refractivity contribution >= 4 is 11.6 Å². The molecule has 0 atom stereocenters. The number of hydrogen-bond acceptors (Lipinski definition) is 6. The largest absolute Gasteiger partial charge is 0.489 e. The molecule has 2 aromatic heterocycles. The average Bonchev–Trinajstić information content (AvgIpc) is 2.72. The Morgan fingerprint density at radius 2 is 2.41 bits per heavy atom. The maximum absolute atomic E-state index is 11.4. The Balaban J connectivity index is 2.17. The third-order valence-electron chi connectivity index (χ3n) is 2.21. The lowest BCUT2D eigenvalue weighted by molar-refractivity contribution is 0.408. The molecule has 5 N–H and O–H groups in total. The number of H-pyrrole nitrogens is 2. The summed E-state index contributed by atoms with van der Waals surface area (Å²) in [6.45, 7) is 0.398. The van der Waals surface area contributed by atoms with Crippen LogP contribution in [0.5, 0.6) is 5.75 Å². The van der Waals surface area contributed by atoms with Crippen LogP contribution in [0, 0.1) is 0 Å². The van der Waals surface area contributed by atoms with Gasteiger partial charge in [-0.3, -0.25) is 9.89 Å². The fourth-order valence-corrected chi connectivity index (χ4v) is 1.34. The predicted octanol–water partition coefficient (Wildman–Crippen LogP) is -0.304. The molecule has 2 rings (SSSR count). The molecule has 0 bridgehead atoms. The van der Waals surface area contributed by atoms with E-state index in [1.807, 2.05) is 0 Å². The Hall–Kier alpha value is -2.51. The van der Waals surface area contributed by atoms with Crippen LogP contribution in [0.15, 0.2) is 17.3 Å². The molecule has 0 radical (unpaired) electrons. The number of hydrogen-bond donors (Lipinski definition) is 4. The minimum Gasteiger partial charge on any atom is -0.489 e. The molecule has 0 saturated carbocycles. The molecule has 2 aromatic rings. The molecule has 0 saturated heterocycles. The van der Waals surface area contributed by atoms with Gasteiger partial charge in [0, 0.05) is 12.1 Å². The number of rotatable bonds is 4. The van der Waals surface area contributed by atoms with Crippen molar-refractivity contribution in [2.45, 2.75) is 6.54 Å². The van der Waals surface area contributed by atoms with Crippen LogP contribution in [-0.4, -0.2) is 27.3 Å². The lowest BCUT2D eigenvalue weighted by atomic mass is 10.3. The first-order valence-corrected chi connectivity index (χ1v) is 4.85. The van der Waals surface area contributed by atoms with Crippen LogP contribution >= 0.6 is 0 Å². The number of methoxy groups -OCH3 is 1. The lowest BCUT2D eigenvalue weighted by Crippen LogP contribution is -2.14. The van der Waals surface area contributed by atoms with Crippen LogP contribution in [0.1, 0.15) is 5.56 Å². The molecule has 90 valence electrons. The minimum atomic E-state index is -0.342. The van der Waals surface area contributed by atoms with Gasteiger partial charge in [-0.1, -0.05) is 0 Å². The van der Waals surface area contributed by atoms with Crippen LogP contribution in [0.25, 0.3) is 0 Å². The molecule has 0 fully saturated rings. The Labute approximate surface area is 96.2 Å². The van der Waals surface area contributed by atoms with Crippen molar-refractivity contribution in [2.24, 2.45) is 0 Å². The van der Waals surface area contributed by atoms with Gasteiger partial charge in [0.25, 0.3) is 5.56 Å². The zero-order valence-corrected chi connectivity index (χ0v) is 9.15. The van der Waals surface area contributed by atoms with E-state index in [0.29, 0.717) is 18.2 Å². The highest BCUT2D eigenvalue weighted by atomic mass is 16.5.